The molecule has 0 fully saturated rings. The van der Waals surface area contributed by atoms with Gasteiger partial charge in [0.2, 0.25) is 0 Å². The molecule has 5 nitrogen and oxygen atoms in total. The van der Waals surface area contributed by atoms with Crippen LogP contribution in [0, 0.1) is 11.3 Å². The number of hydrogen-bond acceptors (Lipinski definition) is 3. The fourth-order valence-electron chi connectivity index (χ4n) is 2.09. The lowest BCUT2D eigenvalue weighted by Crippen LogP contribution is -2.21. The minimum Gasteiger partial charge on any atom is -0.345 e. The molecule has 0 spiro atoms. The highest BCUT2D eigenvalue weighted by Gasteiger charge is 2.12. The second-order valence-corrected chi connectivity index (χ2v) is 6.33. The van der Waals surface area contributed by atoms with Gasteiger partial charge in [0.1, 0.15) is 11.6 Å². The van der Waals surface area contributed by atoms with E-state index >= 15 is 0 Å². The molecule has 0 saturated carbocycles. The molecule has 0 atom stereocenters. The van der Waals surface area contributed by atoms with Gasteiger partial charge in [-0.3, -0.25) is 9.59 Å². The number of amides is 2. The Bertz CT molecular complexity index is 913. The Morgan fingerprint density at radius 2 is 1.77 bits per heavy atom. The molecule has 0 aliphatic rings. The van der Waals surface area contributed by atoms with Crippen molar-refractivity contribution in [1.82, 2.24) is 4.90 Å². The number of rotatable bonds is 4. The Balaban J connectivity index is 2.20. The maximum absolute atomic E-state index is 12.3. The standard InChI is InChI=1S/C19H15Cl2N3O2/c1-24(2)19(26)12-6-8-15(9-7-12)23-18(25)14(11-22)10-13-4-3-5-16(20)17(13)21/h3-10H,1-2H3,(H,23,25)/b14-10+. The first kappa shape index (κ1) is 19.5. The van der Waals surface area contributed by atoms with Crippen molar-refractivity contribution >= 4 is 46.8 Å². The van der Waals surface area contributed by atoms with Crippen LogP contribution >= 0.6 is 23.2 Å². The largest absolute Gasteiger partial charge is 0.345 e. The predicted molar refractivity (Wildman–Crippen MR) is 103 cm³/mol. The van der Waals surface area contributed by atoms with Crippen LogP contribution < -0.4 is 5.32 Å². The monoisotopic (exact) mass is 387 g/mol. The van der Waals surface area contributed by atoms with E-state index in [1.807, 2.05) is 6.07 Å². The first-order valence-electron chi connectivity index (χ1n) is 7.52. The molecule has 0 unspecified atom stereocenters. The number of carbonyl (C=O) groups is 2. The number of benzene rings is 2. The van der Waals surface area contributed by atoms with Crippen molar-refractivity contribution < 1.29 is 9.59 Å². The Morgan fingerprint density at radius 1 is 1.12 bits per heavy atom. The summed E-state index contributed by atoms with van der Waals surface area (Å²) in [5.41, 5.74) is 1.30. The van der Waals surface area contributed by atoms with Crippen molar-refractivity contribution in [3.63, 3.8) is 0 Å². The Hall–Kier alpha value is -2.81. The molecule has 0 aromatic heterocycles. The normalized spacial score (nSPS) is 10.8. The summed E-state index contributed by atoms with van der Waals surface area (Å²) in [6.07, 6.45) is 1.37. The first-order chi connectivity index (χ1) is 12.3. The molecule has 0 aliphatic carbocycles. The first-order valence-corrected chi connectivity index (χ1v) is 8.28. The highest BCUT2D eigenvalue weighted by molar-refractivity contribution is 6.43. The van der Waals surface area contributed by atoms with Crippen LogP contribution in [0.3, 0.4) is 0 Å². The average Bonchev–Trinajstić information content (AvgIpc) is 2.62. The summed E-state index contributed by atoms with van der Waals surface area (Å²) in [4.78, 5) is 25.6. The highest BCUT2D eigenvalue weighted by atomic mass is 35.5. The van der Waals surface area contributed by atoms with Crippen LogP contribution in [0.15, 0.2) is 48.0 Å². The lowest BCUT2D eigenvalue weighted by atomic mass is 10.1. The molecule has 2 aromatic rings. The minimum atomic E-state index is -0.588. The van der Waals surface area contributed by atoms with E-state index in [-0.39, 0.29) is 16.5 Å². The van der Waals surface area contributed by atoms with Crippen molar-refractivity contribution in [3.8, 4) is 6.07 Å². The van der Waals surface area contributed by atoms with Gasteiger partial charge in [-0.15, -0.1) is 0 Å². The average molecular weight is 388 g/mol. The second-order valence-electron chi connectivity index (χ2n) is 5.54. The quantitative estimate of drug-likeness (QED) is 0.629. The second kappa shape index (κ2) is 8.52. The summed E-state index contributed by atoms with van der Waals surface area (Å²) in [5.74, 6) is -0.730. The van der Waals surface area contributed by atoms with E-state index in [0.717, 1.165) is 0 Å². The molecule has 132 valence electrons. The summed E-state index contributed by atoms with van der Waals surface area (Å²) in [6, 6.07) is 13.2. The van der Waals surface area contributed by atoms with Gasteiger partial charge < -0.3 is 10.2 Å². The van der Waals surface area contributed by atoms with Gasteiger partial charge in [-0.05, 0) is 42.0 Å². The van der Waals surface area contributed by atoms with Crippen molar-refractivity contribution in [3.05, 3.63) is 69.2 Å². The Morgan fingerprint density at radius 3 is 2.35 bits per heavy atom. The van der Waals surface area contributed by atoms with Crippen LogP contribution in [-0.4, -0.2) is 30.8 Å². The minimum absolute atomic E-state index is 0.123. The Labute approximate surface area is 161 Å². The smallest absolute Gasteiger partial charge is 0.266 e. The van der Waals surface area contributed by atoms with Crippen molar-refractivity contribution in [2.24, 2.45) is 0 Å². The maximum atomic E-state index is 12.3. The van der Waals surface area contributed by atoms with Gasteiger partial charge in [-0.25, -0.2) is 0 Å². The van der Waals surface area contributed by atoms with E-state index in [1.165, 1.54) is 11.0 Å². The molecule has 0 aliphatic heterocycles. The lowest BCUT2D eigenvalue weighted by molar-refractivity contribution is -0.112. The molecule has 0 saturated heterocycles. The van der Waals surface area contributed by atoms with Crippen LogP contribution in [-0.2, 0) is 4.79 Å². The number of hydrogen-bond donors (Lipinski definition) is 1. The number of carbonyl (C=O) groups excluding carboxylic acids is 2. The molecule has 26 heavy (non-hydrogen) atoms. The summed E-state index contributed by atoms with van der Waals surface area (Å²) < 4.78 is 0. The van der Waals surface area contributed by atoms with Gasteiger partial charge >= 0.3 is 0 Å². The van der Waals surface area contributed by atoms with Gasteiger partial charge in [0.25, 0.3) is 11.8 Å². The Kier molecular flexibility index (Phi) is 6.40. The van der Waals surface area contributed by atoms with E-state index in [1.54, 1.807) is 56.6 Å². The van der Waals surface area contributed by atoms with Gasteiger partial charge in [0, 0.05) is 25.3 Å². The van der Waals surface area contributed by atoms with E-state index < -0.39 is 5.91 Å². The van der Waals surface area contributed by atoms with E-state index in [9.17, 15) is 14.9 Å². The van der Waals surface area contributed by atoms with Crippen molar-refractivity contribution in [2.45, 2.75) is 0 Å². The predicted octanol–water partition coefficient (Wildman–Crippen LogP) is 4.24. The molecule has 0 bridgehead atoms. The molecule has 2 rings (SSSR count). The zero-order valence-corrected chi connectivity index (χ0v) is 15.6. The third kappa shape index (κ3) is 4.63. The third-order valence-electron chi connectivity index (χ3n) is 3.44. The number of nitrogens with one attached hydrogen (secondary N) is 1. The summed E-state index contributed by atoms with van der Waals surface area (Å²) in [7, 11) is 3.31. The van der Waals surface area contributed by atoms with E-state index in [2.05, 4.69) is 5.32 Å². The molecule has 0 radical (unpaired) electrons. The maximum Gasteiger partial charge on any atom is 0.266 e. The van der Waals surface area contributed by atoms with Crippen LogP contribution in [0.4, 0.5) is 5.69 Å². The van der Waals surface area contributed by atoms with E-state index in [0.29, 0.717) is 21.8 Å². The molecule has 2 aromatic carbocycles. The number of nitriles is 1. The molecule has 1 N–H and O–H groups in total. The van der Waals surface area contributed by atoms with Gasteiger partial charge in [-0.2, -0.15) is 5.26 Å². The zero-order chi connectivity index (χ0) is 19.3. The lowest BCUT2D eigenvalue weighted by Gasteiger charge is -2.11. The fourth-order valence-corrected chi connectivity index (χ4v) is 2.45. The topological polar surface area (TPSA) is 73.2 Å². The van der Waals surface area contributed by atoms with Crippen LogP contribution in [0.25, 0.3) is 6.08 Å². The van der Waals surface area contributed by atoms with Crippen LogP contribution in [0.2, 0.25) is 10.0 Å². The summed E-state index contributed by atoms with van der Waals surface area (Å²) in [5, 5.41) is 12.5. The highest BCUT2D eigenvalue weighted by Crippen LogP contribution is 2.27. The van der Waals surface area contributed by atoms with Crippen molar-refractivity contribution in [1.29, 1.82) is 5.26 Å². The molecule has 2 amide bonds. The molecular weight excluding hydrogens is 373 g/mol. The van der Waals surface area contributed by atoms with Gasteiger partial charge in [0.15, 0.2) is 0 Å². The summed E-state index contributed by atoms with van der Waals surface area (Å²) >= 11 is 12.0. The van der Waals surface area contributed by atoms with Crippen LogP contribution in [0.5, 0.6) is 0 Å². The fraction of sp³-hybridized carbons (Fsp3) is 0.105. The SMILES string of the molecule is CN(C)C(=O)c1ccc(NC(=O)/C(C#N)=C/c2cccc(Cl)c2Cl)cc1. The van der Waals surface area contributed by atoms with Gasteiger partial charge in [-0.1, -0.05) is 35.3 Å². The zero-order valence-electron chi connectivity index (χ0n) is 14.1. The number of halogens is 2. The van der Waals surface area contributed by atoms with E-state index in [4.69, 9.17) is 23.2 Å². The molecular formula is C19H15Cl2N3O2. The van der Waals surface area contributed by atoms with Gasteiger partial charge in [0.05, 0.1) is 10.0 Å². The summed E-state index contributed by atoms with van der Waals surface area (Å²) in [6.45, 7) is 0. The number of anilines is 1. The van der Waals surface area contributed by atoms with Crippen LogP contribution in [0.1, 0.15) is 15.9 Å². The molecule has 7 heteroatoms. The molecule has 0 heterocycles. The number of nitrogens with zero attached hydrogens (tertiary/aromatic N) is 2. The van der Waals surface area contributed by atoms with Crippen molar-refractivity contribution in [2.75, 3.05) is 19.4 Å². The third-order valence-corrected chi connectivity index (χ3v) is 4.28.